The number of aliphatic hydroxyl groups is 1. The van der Waals surface area contributed by atoms with Crippen LogP contribution in [0.25, 0.3) is 11.5 Å². The molecular weight excluding hydrogens is 481 g/mol. The van der Waals surface area contributed by atoms with Crippen molar-refractivity contribution in [2.75, 3.05) is 43.1 Å². The molecule has 1 saturated heterocycles. The molecule has 0 aliphatic carbocycles. The topological polar surface area (TPSA) is 121 Å². The highest BCUT2D eigenvalue weighted by atomic mass is 19.1. The van der Waals surface area contributed by atoms with E-state index in [0.29, 0.717) is 60.3 Å². The molecule has 0 unspecified atom stereocenters. The minimum absolute atomic E-state index is 0.100. The second-order valence-corrected chi connectivity index (χ2v) is 9.66. The Hall–Kier alpha value is -3.83. The summed E-state index contributed by atoms with van der Waals surface area (Å²) in [6, 6.07) is 6.94. The van der Waals surface area contributed by atoms with E-state index in [2.05, 4.69) is 15.3 Å². The van der Waals surface area contributed by atoms with Crippen LogP contribution < -0.4 is 10.2 Å². The van der Waals surface area contributed by atoms with Gasteiger partial charge in [-0.15, -0.1) is 0 Å². The van der Waals surface area contributed by atoms with Crippen LogP contribution in [0.2, 0.25) is 0 Å². The van der Waals surface area contributed by atoms with E-state index in [1.807, 2.05) is 4.90 Å². The van der Waals surface area contributed by atoms with E-state index in [9.17, 15) is 19.1 Å². The molecule has 194 valence electrons. The monoisotopic (exact) mass is 509 g/mol. The molecule has 0 spiro atoms. The Kier molecular flexibility index (Phi) is 6.65. The van der Waals surface area contributed by atoms with Crippen molar-refractivity contribution in [3.63, 3.8) is 0 Å². The Labute approximate surface area is 213 Å². The van der Waals surface area contributed by atoms with Gasteiger partial charge >= 0.3 is 0 Å². The minimum Gasteiger partial charge on any atom is -0.444 e. The summed E-state index contributed by atoms with van der Waals surface area (Å²) >= 11 is 0. The van der Waals surface area contributed by atoms with Gasteiger partial charge in [-0.3, -0.25) is 14.6 Å². The van der Waals surface area contributed by atoms with Crippen molar-refractivity contribution in [3.05, 3.63) is 59.7 Å². The van der Waals surface area contributed by atoms with E-state index in [0.717, 1.165) is 0 Å². The molecule has 2 aliphatic rings. The van der Waals surface area contributed by atoms with Gasteiger partial charge in [0.05, 0.1) is 36.7 Å². The Morgan fingerprint density at radius 3 is 2.68 bits per heavy atom. The molecule has 0 bridgehead atoms. The number of nitrogens with one attached hydrogen (secondary N) is 1. The molecule has 2 aliphatic heterocycles. The highest BCUT2D eigenvalue weighted by molar-refractivity contribution is 6.07. The number of fused-ring (bicyclic) bond motifs is 1. The Bertz CT molecular complexity index is 1300. The fourth-order valence-corrected chi connectivity index (χ4v) is 4.33. The van der Waals surface area contributed by atoms with Crippen LogP contribution in [0.1, 0.15) is 40.3 Å². The average Bonchev–Trinajstić information content (AvgIpc) is 3.49. The second kappa shape index (κ2) is 9.91. The van der Waals surface area contributed by atoms with Crippen LogP contribution >= 0.6 is 0 Å². The summed E-state index contributed by atoms with van der Waals surface area (Å²) in [6.45, 7) is 4.88. The first-order valence-corrected chi connectivity index (χ1v) is 12.0. The normalized spacial score (nSPS) is 16.6. The third-order valence-corrected chi connectivity index (χ3v) is 6.51. The molecule has 0 saturated carbocycles. The molecule has 5 rings (SSSR count). The number of anilines is 2. The van der Waals surface area contributed by atoms with E-state index < -0.39 is 17.7 Å². The Morgan fingerprint density at radius 2 is 1.97 bits per heavy atom. The largest absolute Gasteiger partial charge is 0.444 e. The number of alkyl halides is 1. The third-order valence-electron chi connectivity index (χ3n) is 6.51. The SMILES string of the molecule is CC(C)(O)[C@H](F)CN1Cc2cc(NC(=O)c3coc(-c4ccncc4)n3)c(N3CCOCC3)cc2C1=O. The lowest BCUT2D eigenvalue weighted by Gasteiger charge is -2.31. The molecule has 0 radical (unpaired) electrons. The number of benzene rings is 1. The number of rotatable bonds is 7. The van der Waals surface area contributed by atoms with E-state index >= 15 is 0 Å². The van der Waals surface area contributed by atoms with Gasteiger partial charge in [-0.05, 0) is 43.7 Å². The zero-order valence-electron chi connectivity index (χ0n) is 20.6. The maximum Gasteiger partial charge on any atom is 0.277 e. The Balaban J connectivity index is 1.42. The van der Waals surface area contributed by atoms with Crippen LogP contribution in [0, 0.1) is 0 Å². The van der Waals surface area contributed by atoms with Crippen molar-refractivity contribution < 1.29 is 28.2 Å². The maximum atomic E-state index is 14.5. The molecule has 10 nitrogen and oxygen atoms in total. The van der Waals surface area contributed by atoms with Crippen molar-refractivity contribution in [2.45, 2.75) is 32.2 Å². The first kappa shape index (κ1) is 24.8. The van der Waals surface area contributed by atoms with Gasteiger partial charge in [-0.1, -0.05) is 0 Å². The lowest BCUT2D eigenvalue weighted by Crippen LogP contribution is -2.42. The molecular formula is C26H28FN5O5. The third kappa shape index (κ3) is 5.18. The standard InChI is InChI=1S/C26H28FN5O5/c1-26(2,35)22(27)14-32-13-17-11-19(21(12-18(17)25(32)34)31-7-9-36-10-8-31)29-23(33)20-15-37-24(30-20)16-3-5-28-6-4-16/h3-6,11-12,15,22,35H,7-10,13-14H2,1-2H3,(H,29,33)/t22-/m1/s1. The first-order valence-electron chi connectivity index (χ1n) is 12.0. The highest BCUT2D eigenvalue weighted by Gasteiger charge is 2.35. The van der Waals surface area contributed by atoms with Gasteiger partial charge < -0.3 is 29.4 Å². The average molecular weight is 510 g/mol. The lowest BCUT2D eigenvalue weighted by atomic mass is 10.0. The predicted octanol–water partition coefficient (Wildman–Crippen LogP) is 2.89. The quantitative estimate of drug-likeness (QED) is 0.499. The van der Waals surface area contributed by atoms with Gasteiger partial charge in [0.2, 0.25) is 5.89 Å². The molecule has 2 N–H and O–H groups in total. The van der Waals surface area contributed by atoms with E-state index in [1.54, 1.807) is 36.7 Å². The minimum atomic E-state index is -1.61. The van der Waals surface area contributed by atoms with Gasteiger partial charge in [0.15, 0.2) is 5.69 Å². The van der Waals surface area contributed by atoms with Crippen molar-refractivity contribution in [3.8, 4) is 11.5 Å². The number of nitrogens with zero attached hydrogens (tertiary/aromatic N) is 4. The van der Waals surface area contributed by atoms with Gasteiger partial charge in [0, 0.05) is 43.2 Å². The van der Waals surface area contributed by atoms with Crippen LogP contribution in [-0.2, 0) is 11.3 Å². The molecule has 2 aromatic heterocycles. The summed E-state index contributed by atoms with van der Waals surface area (Å²) in [6.07, 6.45) is 2.90. The fourth-order valence-electron chi connectivity index (χ4n) is 4.33. The van der Waals surface area contributed by atoms with E-state index in [-0.39, 0.29) is 24.7 Å². The predicted molar refractivity (Wildman–Crippen MR) is 133 cm³/mol. The fraction of sp³-hybridized carbons (Fsp3) is 0.385. The second-order valence-electron chi connectivity index (χ2n) is 9.66. The lowest BCUT2D eigenvalue weighted by molar-refractivity contribution is -0.0159. The number of carbonyl (C=O) groups excluding carboxylic acids is 2. The van der Waals surface area contributed by atoms with E-state index in [1.165, 1.54) is 25.0 Å². The summed E-state index contributed by atoms with van der Waals surface area (Å²) < 4.78 is 25.5. The Morgan fingerprint density at radius 1 is 1.24 bits per heavy atom. The highest BCUT2D eigenvalue weighted by Crippen LogP contribution is 2.36. The number of amides is 2. The molecule has 4 heterocycles. The summed E-state index contributed by atoms with van der Waals surface area (Å²) in [4.78, 5) is 37.9. The van der Waals surface area contributed by atoms with Gasteiger partial charge in [-0.2, -0.15) is 0 Å². The molecule has 2 amide bonds. The smallest absolute Gasteiger partial charge is 0.277 e. The van der Waals surface area contributed by atoms with Gasteiger partial charge in [0.25, 0.3) is 11.8 Å². The number of carbonyl (C=O) groups is 2. The summed E-state index contributed by atoms with van der Waals surface area (Å²) in [5.41, 5.74) is 1.51. The number of morpholine rings is 1. The number of hydrogen-bond acceptors (Lipinski definition) is 8. The van der Waals surface area contributed by atoms with Crippen LogP contribution in [0.4, 0.5) is 15.8 Å². The van der Waals surface area contributed by atoms with Crippen LogP contribution in [0.15, 0.2) is 47.3 Å². The number of pyridine rings is 1. The molecule has 1 fully saturated rings. The van der Waals surface area contributed by atoms with Crippen molar-refractivity contribution in [1.82, 2.24) is 14.9 Å². The molecule has 1 aromatic carbocycles. The maximum absolute atomic E-state index is 14.5. The number of oxazole rings is 1. The van der Waals surface area contributed by atoms with Crippen molar-refractivity contribution in [1.29, 1.82) is 0 Å². The molecule has 37 heavy (non-hydrogen) atoms. The van der Waals surface area contributed by atoms with Crippen molar-refractivity contribution >= 4 is 23.2 Å². The molecule has 3 aromatic rings. The van der Waals surface area contributed by atoms with Gasteiger partial charge in [-0.25, -0.2) is 9.37 Å². The first-order chi connectivity index (χ1) is 17.7. The van der Waals surface area contributed by atoms with Crippen LogP contribution in [0.5, 0.6) is 0 Å². The zero-order valence-corrected chi connectivity index (χ0v) is 20.6. The molecule has 11 heteroatoms. The number of ether oxygens (including phenoxy) is 1. The number of aromatic nitrogens is 2. The number of hydrogen-bond donors (Lipinski definition) is 2. The summed E-state index contributed by atoms with van der Waals surface area (Å²) in [7, 11) is 0. The van der Waals surface area contributed by atoms with E-state index in [4.69, 9.17) is 9.15 Å². The van der Waals surface area contributed by atoms with Crippen LogP contribution in [-0.4, -0.2) is 76.4 Å². The van der Waals surface area contributed by atoms with Crippen molar-refractivity contribution in [2.24, 2.45) is 0 Å². The zero-order chi connectivity index (χ0) is 26.2. The molecule has 1 atom stereocenters. The summed E-state index contributed by atoms with van der Waals surface area (Å²) in [5, 5.41) is 12.9. The number of halogens is 1. The van der Waals surface area contributed by atoms with Crippen LogP contribution in [0.3, 0.4) is 0 Å². The van der Waals surface area contributed by atoms with Gasteiger partial charge in [0.1, 0.15) is 12.4 Å². The summed E-state index contributed by atoms with van der Waals surface area (Å²) in [5.74, 6) is -0.484.